The summed E-state index contributed by atoms with van der Waals surface area (Å²) in [5.74, 6) is 1.76. The molecule has 0 radical (unpaired) electrons. The summed E-state index contributed by atoms with van der Waals surface area (Å²) in [6.45, 7) is 8.87. The summed E-state index contributed by atoms with van der Waals surface area (Å²) >= 11 is 0. The Labute approximate surface area is 84.4 Å². The van der Waals surface area contributed by atoms with Crippen LogP contribution in [0.3, 0.4) is 0 Å². The number of aryl methyl sites for hydroxylation is 1. The van der Waals surface area contributed by atoms with Crippen molar-refractivity contribution in [3.63, 3.8) is 0 Å². The van der Waals surface area contributed by atoms with Crippen molar-refractivity contribution in [1.82, 2.24) is 5.32 Å². The van der Waals surface area contributed by atoms with Gasteiger partial charge in [-0.1, -0.05) is 0 Å². The van der Waals surface area contributed by atoms with E-state index >= 15 is 0 Å². The molecule has 0 bridgehead atoms. The van der Waals surface area contributed by atoms with Gasteiger partial charge in [-0.15, -0.1) is 0 Å². The van der Waals surface area contributed by atoms with Crippen LogP contribution in [-0.2, 0) is 10.5 Å². The highest BCUT2D eigenvalue weighted by atomic mass is 16.5. The van der Waals surface area contributed by atoms with E-state index in [1.54, 1.807) is 0 Å². The third kappa shape index (κ3) is 1.57. The van der Waals surface area contributed by atoms with Gasteiger partial charge in [0.25, 0.3) is 0 Å². The van der Waals surface area contributed by atoms with Gasteiger partial charge in [-0.25, -0.2) is 0 Å². The summed E-state index contributed by atoms with van der Waals surface area (Å²) in [6, 6.07) is 3.92. The normalized spacial score (nSPS) is 30.9. The molecule has 0 amide bonds. The lowest BCUT2D eigenvalue weighted by Gasteiger charge is -2.24. The molecule has 1 N–H and O–H groups in total. The van der Waals surface area contributed by atoms with Gasteiger partial charge in [-0.2, -0.15) is 0 Å². The zero-order valence-corrected chi connectivity index (χ0v) is 9.18. The number of hydrogen-bond acceptors (Lipinski definition) is 3. The van der Waals surface area contributed by atoms with Crippen molar-refractivity contribution in [2.75, 3.05) is 6.61 Å². The second kappa shape index (κ2) is 2.84. The minimum absolute atomic E-state index is 0.00937. The lowest BCUT2D eigenvalue weighted by molar-refractivity contribution is -0.0159. The Morgan fingerprint density at radius 3 is 2.43 bits per heavy atom. The van der Waals surface area contributed by atoms with Crippen LogP contribution in [0.15, 0.2) is 16.5 Å². The fraction of sp³-hybridized carbons (Fsp3) is 0.636. The van der Waals surface area contributed by atoms with Crippen molar-refractivity contribution in [1.29, 1.82) is 0 Å². The Balaban J connectivity index is 2.27. The summed E-state index contributed by atoms with van der Waals surface area (Å²) in [4.78, 5) is 0. The van der Waals surface area contributed by atoms with Gasteiger partial charge < -0.3 is 9.15 Å². The molecule has 1 unspecified atom stereocenters. The molecule has 2 rings (SSSR count). The Hall–Kier alpha value is -0.800. The number of hydrogen-bond donors (Lipinski definition) is 1. The molecule has 1 saturated heterocycles. The quantitative estimate of drug-likeness (QED) is 0.745. The fourth-order valence-corrected chi connectivity index (χ4v) is 1.87. The standard InChI is InChI=1S/C11H17NO2/c1-8-5-6-9(14-8)11(4)12-10(2,3)7-13-11/h5-6,12H,7H2,1-4H3. The van der Waals surface area contributed by atoms with Gasteiger partial charge in [0.1, 0.15) is 5.76 Å². The molecule has 1 aliphatic rings. The summed E-state index contributed by atoms with van der Waals surface area (Å²) in [5, 5.41) is 3.42. The van der Waals surface area contributed by atoms with Gasteiger partial charge in [-0.05, 0) is 39.8 Å². The molecule has 0 saturated carbocycles. The van der Waals surface area contributed by atoms with E-state index < -0.39 is 5.72 Å². The summed E-state index contributed by atoms with van der Waals surface area (Å²) in [5.41, 5.74) is -0.465. The highest BCUT2D eigenvalue weighted by Gasteiger charge is 2.43. The predicted molar refractivity (Wildman–Crippen MR) is 54.0 cm³/mol. The molecular formula is C11H17NO2. The first-order chi connectivity index (χ1) is 6.41. The predicted octanol–water partition coefficient (Wildman–Crippen LogP) is 2.16. The van der Waals surface area contributed by atoms with Gasteiger partial charge in [-0.3, -0.25) is 5.32 Å². The van der Waals surface area contributed by atoms with Crippen LogP contribution in [0, 0.1) is 6.92 Å². The maximum absolute atomic E-state index is 5.75. The molecule has 1 fully saturated rings. The molecular weight excluding hydrogens is 178 g/mol. The summed E-state index contributed by atoms with van der Waals surface area (Å²) in [7, 11) is 0. The number of rotatable bonds is 1. The highest BCUT2D eigenvalue weighted by Crippen LogP contribution is 2.32. The molecule has 3 nitrogen and oxygen atoms in total. The Bertz CT molecular complexity index is 343. The van der Waals surface area contributed by atoms with Crippen LogP contribution in [-0.4, -0.2) is 12.1 Å². The van der Waals surface area contributed by atoms with Crippen LogP contribution in [0.2, 0.25) is 0 Å². The van der Waals surface area contributed by atoms with Gasteiger partial charge in [0.2, 0.25) is 0 Å². The molecule has 0 aliphatic carbocycles. The zero-order valence-electron chi connectivity index (χ0n) is 9.18. The van der Waals surface area contributed by atoms with Gasteiger partial charge in [0.15, 0.2) is 11.5 Å². The highest BCUT2D eigenvalue weighted by molar-refractivity contribution is 5.14. The van der Waals surface area contributed by atoms with Crippen LogP contribution < -0.4 is 5.32 Å². The number of ether oxygens (including phenoxy) is 1. The largest absolute Gasteiger partial charge is 0.462 e. The van der Waals surface area contributed by atoms with Crippen LogP contribution in [0.4, 0.5) is 0 Å². The van der Waals surface area contributed by atoms with Crippen molar-refractivity contribution in [2.24, 2.45) is 0 Å². The van der Waals surface area contributed by atoms with Gasteiger partial charge in [0.05, 0.1) is 6.61 Å². The Morgan fingerprint density at radius 2 is 2.00 bits per heavy atom. The molecule has 1 atom stereocenters. The lowest BCUT2D eigenvalue weighted by atomic mass is 10.1. The van der Waals surface area contributed by atoms with E-state index in [0.29, 0.717) is 6.61 Å². The van der Waals surface area contributed by atoms with Gasteiger partial charge >= 0.3 is 0 Å². The van der Waals surface area contributed by atoms with E-state index in [1.165, 1.54) is 0 Å². The smallest absolute Gasteiger partial charge is 0.175 e. The van der Waals surface area contributed by atoms with E-state index in [-0.39, 0.29) is 5.54 Å². The number of nitrogens with one attached hydrogen (secondary N) is 1. The van der Waals surface area contributed by atoms with E-state index in [9.17, 15) is 0 Å². The van der Waals surface area contributed by atoms with Crippen molar-refractivity contribution in [3.8, 4) is 0 Å². The van der Waals surface area contributed by atoms with Gasteiger partial charge in [0, 0.05) is 5.54 Å². The van der Waals surface area contributed by atoms with Crippen molar-refractivity contribution in [2.45, 2.75) is 39.0 Å². The minimum Gasteiger partial charge on any atom is -0.462 e. The van der Waals surface area contributed by atoms with E-state index in [4.69, 9.17) is 9.15 Å². The van der Waals surface area contributed by atoms with Crippen molar-refractivity contribution in [3.05, 3.63) is 23.7 Å². The average molecular weight is 195 g/mol. The maximum Gasteiger partial charge on any atom is 0.175 e. The Morgan fingerprint density at radius 1 is 1.29 bits per heavy atom. The molecule has 0 aromatic carbocycles. The SMILES string of the molecule is Cc1ccc(C2(C)NC(C)(C)CO2)o1. The monoisotopic (exact) mass is 195 g/mol. The minimum atomic E-state index is -0.474. The molecule has 0 spiro atoms. The number of furan rings is 1. The first-order valence-electron chi connectivity index (χ1n) is 4.92. The molecule has 1 aromatic heterocycles. The molecule has 14 heavy (non-hydrogen) atoms. The second-order valence-electron chi connectivity index (χ2n) is 4.74. The molecule has 1 aromatic rings. The van der Waals surface area contributed by atoms with Crippen molar-refractivity contribution < 1.29 is 9.15 Å². The maximum atomic E-state index is 5.75. The van der Waals surface area contributed by atoms with E-state index in [1.807, 2.05) is 26.0 Å². The molecule has 78 valence electrons. The van der Waals surface area contributed by atoms with Crippen LogP contribution in [0.5, 0.6) is 0 Å². The average Bonchev–Trinajstić information content (AvgIpc) is 2.57. The third-order valence-corrected chi connectivity index (χ3v) is 2.51. The Kier molecular flexibility index (Phi) is 1.98. The first kappa shape index (κ1) is 9.74. The fourth-order valence-electron chi connectivity index (χ4n) is 1.87. The molecule has 3 heteroatoms. The zero-order chi connectivity index (χ0) is 10.4. The van der Waals surface area contributed by atoms with E-state index in [2.05, 4.69) is 19.2 Å². The third-order valence-electron chi connectivity index (χ3n) is 2.51. The first-order valence-corrected chi connectivity index (χ1v) is 4.92. The van der Waals surface area contributed by atoms with Crippen molar-refractivity contribution >= 4 is 0 Å². The molecule has 2 heterocycles. The lowest BCUT2D eigenvalue weighted by Crippen LogP contribution is -2.44. The topological polar surface area (TPSA) is 34.4 Å². The summed E-state index contributed by atoms with van der Waals surface area (Å²) < 4.78 is 11.3. The van der Waals surface area contributed by atoms with Crippen LogP contribution in [0.25, 0.3) is 0 Å². The second-order valence-corrected chi connectivity index (χ2v) is 4.74. The summed E-state index contributed by atoms with van der Waals surface area (Å²) in [6.07, 6.45) is 0. The van der Waals surface area contributed by atoms with Crippen LogP contribution >= 0.6 is 0 Å². The van der Waals surface area contributed by atoms with Crippen LogP contribution in [0.1, 0.15) is 32.3 Å². The van der Waals surface area contributed by atoms with E-state index in [0.717, 1.165) is 11.5 Å². The molecule has 1 aliphatic heterocycles.